The van der Waals surface area contributed by atoms with Gasteiger partial charge < -0.3 is 9.47 Å². The highest BCUT2D eigenvalue weighted by Gasteiger charge is 2.07. The molecule has 0 atom stereocenters. The van der Waals surface area contributed by atoms with Crippen molar-refractivity contribution in [3.63, 3.8) is 0 Å². The molecule has 0 saturated carbocycles. The molecule has 76 valence electrons. The van der Waals surface area contributed by atoms with E-state index in [0.717, 1.165) is 5.56 Å². The molecule has 1 aromatic carbocycles. The summed E-state index contributed by atoms with van der Waals surface area (Å²) in [5.74, 6) is 0.609. The first-order chi connectivity index (χ1) is 6.69. The number of ketones is 1. The monoisotopic (exact) mass is 194 g/mol. The van der Waals surface area contributed by atoms with Crippen LogP contribution in [0.3, 0.4) is 0 Å². The maximum absolute atomic E-state index is 11.2. The van der Waals surface area contributed by atoms with Gasteiger partial charge in [-0.2, -0.15) is 0 Å². The molecule has 0 spiro atoms. The number of carbonyl (C=O) groups excluding carboxylic acids is 1. The Morgan fingerprint density at radius 2 is 2.07 bits per heavy atom. The molecular formula is C11H14O3. The summed E-state index contributed by atoms with van der Waals surface area (Å²) in [6.45, 7) is 2.04. The van der Waals surface area contributed by atoms with Crippen molar-refractivity contribution in [1.82, 2.24) is 0 Å². The summed E-state index contributed by atoms with van der Waals surface area (Å²) in [5, 5.41) is 0. The zero-order chi connectivity index (χ0) is 10.6. The molecule has 0 heterocycles. The van der Waals surface area contributed by atoms with Crippen LogP contribution in [0.2, 0.25) is 0 Å². The topological polar surface area (TPSA) is 35.5 Å². The maximum atomic E-state index is 11.2. The summed E-state index contributed by atoms with van der Waals surface area (Å²) in [5.41, 5.74) is 1.60. The van der Waals surface area contributed by atoms with Crippen molar-refractivity contribution in [2.75, 3.05) is 14.2 Å². The van der Waals surface area contributed by atoms with Crippen molar-refractivity contribution in [2.45, 2.75) is 13.5 Å². The summed E-state index contributed by atoms with van der Waals surface area (Å²) in [6.07, 6.45) is 0. The molecule has 1 aromatic rings. The van der Waals surface area contributed by atoms with Gasteiger partial charge in [-0.05, 0) is 24.6 Å². The molecule has 0 aliphatic heterocycles. The Balaban J connectivity index is 3.05. The minimum atomic E-state index is 0.00539. The van der Waals surface area contributed by atoms with E-state index >= 15 is 0 Å². The number of Topliss-reactive ketones (excluding diaryl/α,β-unsaturated/α-hetero) is 1. The van der Waals surface area contributed by atoms with Gasteiger partial charge in [0.1, 0.15) is 5.75 Å². The molecule has 0 bridgehead atoms. The molecule has 0 amide bonds. The van der Waals surface area contributed by atoms with Crippen LogP contribution in [0, 0.1) is 0 Å². The van der Waals surface area contributed by atoms with Crippen molar-refractivity contribution in [2.24, 2.45) is 0 Å². The van der Waals surface area contributed by atoms with Crippen molar-refractivity contribution < 1.29 is 14.3 Å². The van der Waals surface area contributed by atoms with Crippen LogP contribution in [0.1, 0.15) is 22.8 Å². The average molecular weight is 194 g/mol. The molecular weight excluding hydrogens is 180 g/mol. The van der Waals surface area contributed by atoms with Gasteiger partial charge in [-0.3, -0.25) is 4.79 Å². The number of benzene rings is 1. The lowest BCUT2D eigenvalue weighted by atomic mass is 10.1. The van der Waals surface area contributed by atoms with E-state index in [2.05, 4.69) is 0 Å². The fourth-order valence-electron chi connectivity index (χ4n) is 1.28. The van der Waals surface area contributed by atoms with Gasteiger partial charge in [-0.25, -0.2) is 0 Å². The second-order valence-corrected chi connectivity index (χ2v) is 3.02. The summed E-state index contributed by atoms with van der Waals surface area (Å²) < 4.78 is 10.1. The van der Waals surface area contributed by atoms with Gasteiger partial charge in [-0.15, -0.1) is 0 Å². The van der Waals surface area contributed by atoms with Crippen LogP contribution in [0.4, 0.5) is 0 Å². The molecule has 0 saturated heterocycles. The van der Waals surface area contributed by atoms with Crippen molar-refractivity contribution in [1.29, 1.82) is 0 Å². The molecule has 0 fully saturated rings. The van der Waals surface area contributed by atoms with Crippen LogP contribution in [-0.4, -0.2) is 20.0 Å². The number of methoxy groups -OCH3 is 2. The smallest absolute Gasteiger partial charge is 0.163 e. The zero-order valence-corrected chi connectivity index (χ0v) is 8.66. The van der Waals surface area contributed by atoms with E-state index in [0.29, 0.717) is 17.9 Å². The predicted molar refractivity (Wildman–Crippen MR) is 53.7 cm³/mol. The molecule has 1 rings (SSSR count). The third-order valence-corrected chi connectivity index (χ3v) is 1.96. The Morgan fingerprint density at radius 1 is 1.36 bits per heavy atom. The van der Waals surface area contributed by atoms with Gasteiger partial charge >= 0.3 is 0 Å². The standard InChI is InChI=1S/C11H14O3/c1-8(12)10-5-4-9(7-13-2)6-11(10)14-3/h4-6H,7H2,1-3H3. The zero-order valence-electron chi connectivity index (χ0n) is 8.66. The second-order valence-electron chi connectivity index (χ2n) is 3.02. The Kier molecular flexibility index (Phi) is 3.65. The van der Waals surface area contributed by atoms with Gasteiger partial charge in [0.25, 0.3) is 0 Å². The van der Waals surface area contributed by atoms with Gasteiger partial charge in [0.05, 0.1) is 19.3 Å². The summed E-state index contributed by atoms with van der Waals surface area (Å²) in [4.78, 5) is 11.2. The van der Waals surface area contributed by atoms with E-state index in [1.165, 1.54) is 6.92 Å². The number of ether oxygens (including phenoxy) is 2. The molecule has 0 unspecified atom stereocenters. The quantitative estimate of drug-likeness (QED) is 0.688. The highest BCUT2D eigenvalue weighted by molar-refractivity contribution is 5.96. The van der Waals surface area contributed by atoms with Crippen molar-refractivity contribution >= 4 is 5.78 Å². The Morgan fingerprint density at radius 3 is 2.57 bits per heavy atom. The first-order valence-electron chi connectivity index (χ1n) is 4.36. The van der Waals surface area contributed by atoms with E-state index in [4.69, 9.17) is 9.47 Å². The van der Waals surface area contributed by atoms with Crippen LogP contribution < -0.4 is 4.74 Å². The van der Waals surface area contributed by atoms with Crippen LogP contribution in [0.25, 0.3) is 0 Å². The van der Waals surface area contributed by atoms with E-state index in [-0.39, 0.29) is 5.78 Å². The van der Waals surface area contributed by atoms with Gasteiger partial charge in [0, 0.05) is 7.11 Å². The van der Waals surface area contributed by atoms with Gasteiger partial charge in [-0.1, -0.05) is 6.07 Å². The van der Waals surface area contributed by atoms with E-state index < -0.39 is 0 Å². The average Bonchev–Trinajstić information content (AvgIpc) is 2.17. The largest absolute Gasteiger partial charge is 0.496 e. The summed E-state index contributed by atoms with van der Waals surface area (Å²) >= 11 is 0. The van der Waals surface area contributed by atoms with E-state index in [1.807, 2.05) is 12.1 Å². The molecule has 0 aliphatic carbocycles. The fraction of sp³-hybridized carbons (Fsp3) is 0.364. The van der Waals surface area contributed by atoms with E-state index in [9.17, 15) is 4.79 Å². The van der Waals surface area contributed by atoms with Crippen LogP contribution in [-0.2, 0) is 11.3 Å². The number of hydrogen-bond donors (Lipinski definition) is 0. The van der Waals surface area contributed by atoms with Crippen LogP contribution in [0.15, 0.2) is 18.2 Å². The summed E-state index contributed by atoms with van der Waals surface area (Å²) in [6, 6.07) is 5.44. The lowest BCUT2D eigenvalue weighted by molar-refractivity contribution is 0.101. The third-order valence-electron chi connectivity index (χ3n) is 1.96. The SMILES string of the molecule is COCc1ccc(C(C)=O)c(OC)c1. The third kappa shape index (κ3) is 2.33. The summed E-state index contributed by atoms with van der Waals surface area (Å²) in [7, 11) is 3.18. The van der Waals surface area contributed by atoms with Crippen LogP contribution >= 0.6 is 0 Å². The molecule has 14 heavy (non-hydrogen) atoms. The highest BCUT2D eigenvalue weighted by Crippen LogP contribution is 2.20. The van der Waals surface area contributed by atoms with Crippen molar-refractivity contribution in [3.8, 4) is 5.75 Å². The van der Waals surface area contributed by atoms with Gasteiger partial charge in [0.2, 0.25) is 0 Å². The fourth-order valence-corrected chi connectivity index (χ4v) is 1.28. The normalized spacial score (nSPS) is 9.93. The lowest BCUT2D eigenvalue weighted by Gasteiger charge is -2.07. The number of hydrogen-bond acceptors (Lipinski definition) is 3. The van der Waals surface area contributed by atoms with Gasteiger partial charge in [0.15, 0.2) is 5.78 Å². The Bertz CT molecular complexity index is 331. The molecule has 0 aliphatic rings. The number of carbonyl (C=O) groups is 1. The molecule has 0 aromatic heterocycles. The van der Waals surface area contributed by atoms with Crippen LogP contribution in [0.5, 0.6) is 5.75 Å². The number of rotatable bonds is 4. The first-order valence-corrected chi connectivity index (χ1v) is 4.36. The lowest BCUT2D eigenvalue weighted by Crippen LogP contribution is -1.99. The molecule has 3 nitrogen and oxygen atoms in total. The minimum absolute atomic E-state index is 0.00539. The maximum Gasteiger partial charge on any atom is 0.163 e. The molecule has 0 radical (unpaired) electrons. The highest BCUT2D eigenvalue weighted by atomic mass is 16.5. The van der Waals surface area contributed by atoms with Crippen molar-refractivity contribution in [3.05, 3.63) is 29.3 Å². The second kappa shape index (κ2) is 4.77. The first kappa shape index (κ1) is 10.7. The Hall–Kier alpha value is -1.35. The predicted octanol–water partition coefficient (Wildman–Crippen LogP) is 2.04. The molecule has 3 heteroatoms. The van der Waals surface area contributed by atoms with E-state index in [1.54, 1.807) is 20.3 Å². The molecule has 0 N–H and O–H groups in total. The Labute approximate surface area is 83.6 Å². The minimum Gasteiger partial charge on any atom is -0.496 e.